The lowest BCUT2D eigenvalue weighted by atomic mass is 10.1. The molecule has 1 amide bonds. The topological polar surface area (TPSA) is 66.5 Å². The molecule has 1 N–H and O–H groups in total. The van der Waals surface area contributed by atoms with Crippen molar-refractivity contribution in [3.05, 3.63) is 65.2 Å². The lowest BCUT2D eigenvalue weighted by Gasteiger charge is -2.18. The standard InChI is InChI=1S/C19H24N2O3S/c1-4-12-25(23,24)20-18-7-5-6-17(13-18)19(22)21(3)14-16-10-8-15(2)9-11-16/h5-11,13,20H,4,12,14H2,1-3H3. The molecule has 2 aromatic carbocycles. The van der Waals surface area contributed by atoms with E-state index in [1.807, 2.05) is 31.2 Å². The van der Waals surface area contributed by atoms with Gasteiger partial charge in [0.15, 0.2) is 0 Å². The number of hydrogen-bond donors (Lipinski definition) is 1. The van der Waals surface area contributed by atoms with Gasteiger partial charge in [0, 0.05) is 24.8 Å². The van der Waals surface area contributed by atoms with Gasteiger partial charge in [0.25, 0.3) is 5.91 Å². The molecular formula is C19H24N2O3S. The summed E-state index contributed by atoms with van der Waals surface area (Å²) in [6.07, 6.45) is 0.535. The molecule has 6 heteroatoms. The summed E-state index contributed by atoms with van der Waals surface area (Å²) in [6, 6.07) is 14.6. The largest absolute Gasteiger partial charge is 0.337 e. The Hall–Kier alpha value is -2.34. The van der Waals surface area contributed by atoms with E-state index in [-0.39, 0.29) is 11.7 Å². The summed E-state index contributed by atoms with van der Waals surface area (Å²) in [7, 11) is -1.64. The van der Waals surface area contributed by atoms with Crippen molar-refractivity contribution < 1.29 is 13.2 Å². The van der Waals surface area contributed by atoms with Crippen LogP contribution in [0.25, 0.3) is 0 Å². The number of carbonyl (C=O) groups excluding carboxylic acids is 1. The fourth-order valence-corrected chi connectivity index (χ4v) is 3.60. The number of aryl methyl sites for hydroxylation is 1. The van der Waals surface area contributed by atoms with Crippen LogP contribution in [-0.2, 0) is 16.6 Å². The average Bonchev–Trinajstić information content (AvgIpc) is 2.56. The number of sulfonamides is 1. The molecule has 0 aliphatic heterocycles. The zero-order valence-electron chi connectivity index (χ0n) is 14.8. The number of anilines is 1. The van der Waals surface area contributed by atoms with Gasteiger partial charge in [-0.2, -0.15) is 0 Å². The molecule has 0 fully saturated rings. The minimum Gasteiger partial charge on any atom is -0.337 e. The molecule has 0 aromatic heterocycles. The molecule has 0 aliphatic rings. The van der Waals surface area contributed by atoms with Gasteiger partial charge in [-0.25, -0.2) is 8.42 Å². The van der Waals surface area contributed by atoms with Crippen LogP contribution in [0.5, 0.6) is 0 Å². The van der Waals surface area contributed by atoms with Gasteiger partial charge in [-0.3, -0.25) is 9.52 Å². The lowest BCUT2D eigenvalue weighted by Crippen LogP contribution is -2.26. The summed E-state index contributed by atoms with van der Waals surface area (Å²) < 4.78 is 26.3. The molecule has 0 radical (unpaired) electrons. The smallest absolute Gasteiger partial charge is 0.253 e. The van der Waals surface area contributed by atoms with Crippen molar-refractivity contribution in [2.24, 2.45) is 0 Å². The van der Waals surface area contributed by atoms with Crippen molar-refractivity contribution in [2.75, 3.05) is 17.5 Å². The first-order valence-electron chi connectivity index (χ1n) is 8.22. The second-order valence-corrected chi connectivity index (χ2v) is 7.99. The monoisotopic (exact) mass is 360 g/mol. The molecule has 2 aromatic rings. The summed E-state index contributed by atoms with van der Waals surface area (Å²) in [6.45, 7) is 4.31. The van der Waals surface area contributed by atoms with Crippen molar-refractivity contribution >= 4 is 21.6 Å². The van der Waals surface area contributed by atoms with Crippen molar-refractivity contribution in [3.63, 3.8) is 0 Å². The first-order valence-corrected chi connectivity index (χ1v) is 9.87. The van der Waals surface area contributed by atoms with E-state index in [1.54, 1.807) is 43.1 Å². The van der Waals surface area contributed by atoms with Gasteiger partial charge in [-0.1, -0.05) is 42.8 Å². The SMILES string of the molecule is CCCS(=O)(=O)Nc1cccc(C(=O)N(C)Cc2ccc(C)cc2)c1. The number of carbonyl (C=O) groups is 1. The molecule has 0 atom stereocenters. The van der Waals surface area contributed by atoms with E-state index in [4.69, 9.17) is 0 Å². The van der Waals surface area contributed by atoms with Crippen LogP contribution in [0.3, 0.4) is 0 Å². The molecule has 25 heavy (non-hydrogen) atoms. The molecular weight excluding hydrogens is 336 g/mol. The van der Waals surface area contributed by atoms with Crippen LogP contribution in [0.15, 0.2) is 48.5 Å². The third kappa shape index (κ3) is 5.60. The molecule has 0 saturated carbocycles. The van der Waals surface area contributed by atoms with Gasteiger partial charge in [0.2, 0.25) is 10.0 Å². The van der Waals surface area contributed by atoms with Crippen LogP contribution < -0.4 is 4.72 Å². The number of benzene rings is 2. The third-order valence-electron chi connectivity index (χ3n) is 3.74. The minimum absolute atomic E-state index is 0.0541. The Bertz CT molecular complexity index is 830. The number of nitrogens with one attached hydrogen (secondary N) is 1. The van der Waals surface area contributed by atoms with E-state index >= 15 is 0 Å². The quantitative estimate of drug-likeness (QED) is 0.823. The molecule has 0 saturated heterocycles. The second-order valence-electron chi connectivity index (χ2n) is 6.15. The molecule has 0 heterocycles. The summed E-state index contributed by atoms with van der Waals surface area (Å²) in [5.74, 6) is -0.101. The van der Waals surface area contributed by atoms with Gasteiger partial charge in [0.05, 0.1) is 5.75 Å². The zero-order valence-corrected chi connectivity index (χ0v) is 15.6. The predicted octanol–water partition coefficient (Wildman–Crippen LogP) is 3.42. The highest BCUT2D eigenvalue weighted by Gasteiger charge is 2.14. The molecule has 134 valence electrons. The van der Waals surface area contributed by atoms with Crippen molar-refractivity contribution in [2.45, 2.75) is 26.8 Å². The molecule has 2 rings (SSSR count). The highest BCUT2D eigenvalue weighted by Crippen LogP contribution is 2.15. The first-order chi connectivity index (χ1) is 11.8. The first kappa shape index (κ1) is 19.0. The van der Waals surface area contributed by atoms with E-state index < -0.39 is 10.0 Å². The summed E-state index contributed by atoms with van der Waals surface area (Å²) in [5.41, 5.74) is 3.07. The summed E-state index contributed by atoms with van der Waals surface area (Å²) in [5, 5.41) is 0. The predicted molar refractivity (Wildman–Crippen MR) is 101 cm³/mol. The van der Waals surface area contributed by atoms with Crippen LogP contribution >= 0.6 is 0 Å². The van der Waals surface area contributed by atoms with E-state index in [0.29, 0.717) is 24.2 Å². The maximum atomic E-state index is 12.6. The third-order valence-corrected chi connectivity index (χ3v) is 5.24. The average molecular weight is 360 g/mol. The number of hydrogen-bond acceptors (Lipinski definition) is 3. The Kier molecular flexibility index (Phi) is 6.20. The van der Waals surface area contributed by atoms with Gasteiger partial charge in [0.1, 0.15) is 0 Å². The molecule has 0 aliphatic carbocycles. The minimum atomic E-state index is -3.37. The normalized spacial score (nSPS) is 11.2. The van der Waals surface area contributed by atoms with Crippen molar-refractivity contribution in [3.8, 4) is 0 Å². The Morgan fingerprint density at radius 2 is 1.80 bits per heavy atom. The van der Waals surface area contributed by atoms with Crippen LogP contribution in [0.4, 0.5) is 5.69 Å². The summed E-state index contributed by atoms with van der Waals surface area (Å²) in [4.78, 5) is 14.2. The van der Waals surface area contributed by atoms with Gasteiger partial charge >= 0.3 is 0 Å². The summed E-state index contributed by atoms with van der Waals surface area (Å²) >= 11 is 0. The molecule has 5 nitrogen and oxygen atoms in total. The van der Waals surface area contributed by atoms with Crippen LogP contribution in [0, 0.1) is 6.92 Å². The Balaban J connectivity index is 2.10. The molecule has 0 bridgehead atoms. The van der Waals surface area contributed by atoms with Gasteiger partial charge in [-0.15, -0.1) is 0 Å². The van der Waals surface area contributed by atoms with Crippen LogP contribution in [-0.4, -0.2) is 32.0 Å². The zero-order chi connectivity index (χ0) is 18.4. The molecule has 0 spiro atoms. The number of rotatable bonds is 7. The Labute approximate surface area is 149 Å². The van der Waals surface area contributed by atoms with E-state index in [9.17, 15) is 13.2 Å². The van der Waals surface area contributed by atoms with E-state index in [1.165, 1.54) is 5.56 Å². The van der Waals surface area contributed by atoms with Crippen molar-refractivity contribution in [1.82, 2.24) is 4.90 Å². The highest BCUT2D eigenvalue weighted by atomic mass is 32.2. The van der Waals surface area contributed by atoms with Gasteiger partial charge in [-0.05, 0) is 37.1 Å². The second kappa shape index (κ2) is 8.16. The fourth-order valence-electron chi connectivity index (χ4n) is 2.47. The maximum Gasteiger partial charge on any atom is 0.253 e. The van der Waals surface area contributed by atoms with Gasteiger partial charge < -0.3 is 4.90 Å². The van der Waals surface area contributed by atoms with E-state index in [2.05, 4.69) is 4.72 Å². The van der Waals surface area contributed by atoms with Crippen molar-refractivity contribution in [1.29, 1.82) is 0 Å². The van der Waals surface area contributed by atoms with Crippen LogP contribution in [0.1, 0.15) is 34.8 Å². The number of amides is 1. The molecule has 0 unspecified atom stereocenters. The number of nitrogens with zero attached hydrogens (tertiary/aromatic N) is 1. The lowest BCUT2D eigenvalue weighted by molar-refractivity contribution is 0.0785. The van der Waals surface area contributed by atoms with Crippen LogP contribution in [0.2, 0.25) is 0 Å². The van der Waals surface area contributed by atoms with E-state index in [0.717, 1.165) is 5.56 Å². The highest BCUT2D eigenvalue weighted by molar-refractivity contribution is 7.92. The Morgan fingerprint density at radius 1 is 1.12 bits per heavy atom. The fraction of sp³-hybridized carbons (Fsp3) is 0.316. The Morgan fingerprint density at radius 3 is 2.44 bits per heavy atom. The maximum absolute atomic E-state index is 12.6.